The lowest BCUT2D eigenvalue weighted by Gasteiger charge is -2.44. The smallest absolute Gasteiger partial charge is 0.0363 e. The average Bonchev–Trinajstić information content (AvgIpc) is 3.26. The van der Waals surface area contributed by atoms with Gasteiger partial charge in [0.05, 0.1) is 0 Å². The Morgan fingerprint density at radius 2 is 0.452 bits per heavy atom. The molecule has 0 N–H and O–H groups in total. The second-order valence-electron chi connectivity index (χ2n) is 25.7. The standard InChI is InChI=1S/C62H126/c1-30-33-61(59(28)57(26)55(24)53(22)54(23)56(25)58(27)60(29)62(34-31-2)36(4)5)35-38(7)40(9)42(11)44(13)46(15)48(17)50(19)52(21)51(20)49(18)47(16)45(14)43(12)41(10)39(8)37(6)32-3/h36-62H,30-35H2,1-29H3. The zero-order valence-corrected chi connectivity index (χ0v) is 48.8. The molecular weight excluding hydrogens is 745 g/mol. The Kier molecular flexibility index (Phi) is 29.0. The van der Waals surface area contributed by atoms with Crippen LogP contribution in [0.1, 0.15) is 239 Å². The van der Waals surface area contributed by atoms with Gasteiger partial charge < -0.3 is 0 Å². The van der Waals surface area contributed by atoms with Gasteiger partial charge in [0.25, 0.3) is 0 Å². The van der Waals surface area contributed by atoms with Crippen molar-refractivity contribution in [2.75, 3.05) is 0 Å². The van der Waals surface area contributed by atoms with Crippen molar-refractivity contribution in [2.45, 2.75) is 239 Å². The fraction of sp³-hybridized carbons (Fsp3) is 1.00. The summed E-state index contributed by atoms with van der Waals surface area (Å²) < 4.78 is 0. The number of hydrogen-bond acceptors (Lipinski definition) is 0. The van der Waals surface area contributed by atoms with Gasteiger partial charge in [-0.15, -0.1) is 0 Å². The fourth-order valence-corrected chi connectivity index (χ4v) is 14.0. The molecule has 0 nitrogen and oxygen atoms in total. The van der Waals surface area contributed by atoms with Crippen LogP contribution < -0.4 is 0 Å². The highest BCUT2D eigenvalue weighted by Gasteiger charge is 2.40. The minimum atomic E-state index is 0.726. The molecule has 0 fully saturated rings. The first kappa shape index (κ1) is 62.0. The Morgan fingerprint density at radius 1 is 0.226 bits per heavy atom. The third-order valence-electron chi connectivity index (χ3n) is 23.3. The molecule has 0 heteroatoms. The van der Waals surface area contributed by atoms with E-state index in [1.807, 2.05) is 0 Å². The SMILES string of the molecule is CCCC(CC(C)C(C)C(C)C(C)C(C)C(C)C(C)C(C)C(C)C(C)C(C)C(C)C(C)C(C)C(C)C(C)CC)C(C)C(C)C(C)C(C)C(C)C(C)C(C)C(C)C(CCC)C(C)C. The van der Waals surface area contributed by atoms with Gasteiger partial charge in [-0.25, -0.2) is 0 Å². The highest BCUT2D eigenvalue weighted by atomic mass is 14.5. The monoisotopic (exact) mass is 871 g/mol. The van der Waals surface area contributed by atoms with Gasteiger partial charge in [0.15, 0.2) is 0 Å². The summed E-state index contributed by atoms with van der Waals surface area (Å²) in [5, 5.41) is 0. The zero-order valence-electron chi connectivity index (χ0n) is 48.8. The van der Waals surface area contributed by atoms with E-state index in [2.05, 4.69) is 201 Å². The average molecular weight is 872 g/mol. The predicted octanol–water partition coefficient (Wildman–Crippen LogP) is 20.5. The van der Waals surface area contributed by atoms with E-state index in [0.717, 1.165) is 160 Å². The van der Waals surface area contributed by atoms with E-state index < -0.39 is 0 Å². The van der Waals surface area contributed by atoms with E-state index in [1.165, 1.54) is 38.5 Å². The van der Waals surface area contributed by atoms with Crippen LogP contribution in [-0.2, 0) is 0 Å². The molecule has 0 aromatic rings. The Hall–Kier alpha value is 0. The van der Waals surface area contributed by atoms with Crippen LogP contribution in [0.4, 0.5) is 0 Å². The van der Waals surface area contributed by atoms with Crippen LogP contribution in [-0.4, -0.2) is 0 Å². The minimum Gasteiger partial charge on any atom is -0.0654 e. The van der Waals surface area contributed by atoms with E-state index in [1.54, 1.807) is 0 Å². The van der Waals surface area contributed by atoms with E-state index in [9.17, 15) is 0 Å². The first-order chi connectivity index (χ1) is 28.5. The van der Waals surface area contributed by atoms with Gasteiger partial charge in [-0.05, 0) is 166 Å². The van der Waals surface area contributed by atoms with Crippen molar-refractivity contribution >= 4 is 0 Å². The molecule has 0 radical (unpaired) electrons. The van der Waals surface area contributed by atoms with Gasteiger partial charge in [0, 0.05) is 0 Å². The lowest BCUT2D eigenvalue weighted by atomic mass is 9.62. The van der Waals surface area contributed by atoms with Crippen LogP contribution in [0.5, 0.6) is 0 Å². The normalized spacial score (nSPS) is 25.6. The Bertz CT molecular complexity index is 1120. The van der Waals surface area contributed by atoms with Crippen LogP contribution in [0, 0.1) is 160 Å². The van der Waals surface area contributed by atoms with Crippen LogP contribution in [0.15, 0.2) is 0 Å². The summed E-state index contributed by atoms with van der Waals surface area (Å²) in [5.41, 5.74) is 0. The molecule has 62 heavy (non-hydrogen) atoms. The first-order valence-electron chi connectivity index (χ1n) is 28.5. The second-order valence-corrected chi connectivity index (χ2v) is 25.7. The number of hydrogen-bond donors (Lipinski definition) is 0. The van der Waals surface area contributed by atoms with Crippen LogP contribution in [0.3, 0.4) is 0 Å². The molecule has 0 saturated carbocycles. The molecule has 0 rings (SSSR count). The lowest BCUT2D eigenvalue weighted by Crippen LogP contribution is -2.37. The van der Waals surface area contributed by atoms with Crippen molar-refractivity contribution in [1.82, 2.24) is 0 Å². The summed E-state index contributed by atoms with van der Waals surface area (Å²) in [5.74, 6) is 20.5. The predicted molar refractivity (Wildman–Crippen MR) is 286 cm³/mol. The molecule has 0 amide bonds. The topological polar surface area (TPSA) is 0 Å². The Balaban J connectivity index is 5.76. The molecule has 0 aliphatic heterocycles. The van der Waals surface area contributed by atoms with Crippen molar-refractivity contribution in [3.63, 3.8) is 0 Å². The molecule has 0 aliphatic rings. The maximum atomic E-state index is 2.65. The Labute approximate surface area is 397 Å². The summed E-state index contributed by atoms with van der Waals surface area (Å²) in [4.78, 5) is 0. The van der Waals surface area contributed by atoms with Crippen molar-refractivity contribution in [3.05, 3.63) is 0 Å². The summed E-state index contributed by atoms with van der Waals surface area (Å²) in [6, 6.07) is 0. The van der Waals surface area contributed by atoms with Gasteiger partial charge in [-0.1, -0.05) is 233 Å². The lowest BCUT2D eigenvalue weighted by molar-refractivity contribution is 0.0490. The van der Waals surface area contributed by atoms with Crippen LogP contribution >= 0.6 is 0 Å². The third-order valence-corrected chi connectivity index (χ3v) is 23.3. The second kappa shape index (κ2) is 29.0. The molecule has 0 bridgehead atoms. The van der Waals surface area contributed by atoms with Crippen molar-refractivity contribution in [3.8, 4) is 0 Å². The summed E-state index contributed by atoms with van der Waals surface area (Å²) >= 11 is 0. The molecule has 26 atom stereocenters. The summed E-state index contributed by atoms with van der Waals surface area (Å²) in [6.45, 7) is 74.5. The zero-order chi connectivity index (χ0) is 48.8. The van der Waals surface area contributed by atoms with Gasteiger partial charge in [-0.3, -0.25) is 0 Å². The highest BCUT2D eigenvalue weighted by Crippen LogP contribution is 2.47. The van der Waals surface area contributed by atoms with Crippen LogP contribution in [0.2, 0.25) is 0 Å². The maximum absolute atomic E-state index is 2.65. The fourth-order valence-electron chi connectivity index (χ4n) is 14.0. The molecule has 0 aliphatic carbocycles. The van der Waals surface area contributed by atoms with E-state index in [0.29, 0.717) is 0 Å². The largest absolute Gasteiger partial charge is 0.0654 e. The van der Waals surface area contributed by atoms with Gasteiger partial charge in [0.1, 0.15) is 0 Å². The van der Waals surface area contributed by atoms with Crippen molar-refractivity contribution in [1.29, 1.82) is 0 Å². The summed E-state index contributed by atoms with van der Waals surface area (Å²) in [6.07, 6.45) is 8.08. The van der Waals surface area contributed by atoms with E-state index in [-0.39, 0.29) is 0 Å². The maximum Gasteiger partial charge on any atom is -0.0363 e. The molecule has 0 spiro atoms. The van der Waals surface area contributed by atoms with Gasteiger partial charge >= 0.3 is 0 Å². The first-order valence-corrected chi connectivity index (χ1v) is 28.5. The molecule has 374 valence electrons. The molecule has 0 aromatic carbocycles. The molecule has 0 heterocycles. The van der Waals surface area contributed by atoms with Crippen molar-refractivity contribution < 1.29 is 0 Å². The summed E-state index contributed by atoms with van der Waals surface area (Å²) in [7, 11) is 0. The Morgan fingerprint density at radius 3 is 0.694 bits per heavy atom. The number of rotatable bonds is 32. The molecular formula is C62H126. The molecule has 26 unspecified atom stereocenters. The minimum absolute atomic E-state index is 0.726. The van der Waals surface area contributed by atoms with E-state index in [4.69, 9.17) is 0 Å². The van der Waals surface area contributed by atoms with Crippen LogP contribution in [0.25, 0.3) is 0 Å². The highest BCUT2D eigenvalue weighted by molar-refractivity contribution is 4.89. The van der Waals surface area contributed by atoms with Gasteiger partial charge in [-0.2, -0.15) is 0 Å². The molecule has 0 aromatic heterocycles. The molecule has 0 saturated heterocycles. The third kappa shape index (κ3) is 16.7. The van der Waals surface area contributed by atoms with Gasteiger partial charge in [0.2, 0.25) is 0 Å². The quantitative estimate of drug-likeness (QED) is 0.0632. The van der Waals surface area contributed by atoms with E-state index >= 15 is 0 Å². The van der Waals surface area contributed by atoms with Crippen molar-refractivity contribution in [2.24, 2.45) is 160 Å².